The summed E-state index contributed by atoms with van der Waals surface area (Å²) in [6.07, 6.45) is 0.954. The number of nitrogens with one attached hydrogen (secondary N) is 2. The van der Waals surface area contributed by atoms with E-state index in [4.69, 9.17) is 47.2 Å². The summed E-state index contributed by atoms with van der Waals surface area (Å²) < 4.78 is 56.6. The van der Waals surface area contributed by atoms with Crippen LogP contribution in [0, 0.1) is 0 Å². The van der Waals surface area contributed by atoms with Crippen molar-refractivity contribution in [3.63, 3.8) is 0 Å². The second-order valence-electron chi connectivity index (χ2n) is 12.0. The molecular formula is C40H43N3O11. The molecule has 54 heavy (non-hydrogen) atoms. The Balaban J connectivity index is 1.05. The number of hydrogen-bond acceptors (Lipinski definition) is 13. The van der Waals surface area contributed by atoms with E-state index in [1.165, 1.54) is 0 Å². The Morgan fingerprint density at radius 2 is 1.22 bits per heavy atom. The lowest BCUT2D eigenvalue weighted by molar-refractivity contribution is 0.0935. The van der Waals surface area contributed by atoms with E-state index in [1.807, 2.05) is 30.3 Å². The Kier molecular flexibility index (Phi) is 11.7. The zero-order valence-electron chi connectivity index (χ0n) is 31.2. The second-order valence-corrected chi connectivity index (χ2v) is 12.0. The Bertz CT molecular complexity index is 2050. The summed E-state index contributed by atoms with van der Waals surface area (Å²) in [6, 6.07) is 19.9. The molecule has 14 nitrogen and oxygen atoms in total. The monoisotopic (exact) mass is 741 g/mol. The molecule has 2 heterocycles. The predicted octanol–water partition coefficient (Wildman–Crippen LogP) is 7.16. The van der Waals surface area contributed by atoms with Crippen LogP contribution in [0.25, 0.3) is 22.6 Å². The fourth-order valence-electron chi connectivity index (χ4n) is 6.02. The summed E-state index contributed by atoms with van der Waals surface area (Å²) in [4.78, 5) is 12.8. The highest BCUT2D eigenvalue weighted by Gasteiger charge is 2.26. The second kappa shape index (κ2) is 16.9. The first kappa shape index (κ1) is 37.3. The standard InChI is InChI=1S/C40H43N3O11/c1-45-26-11-12-28-27(21-26)40(44)42-39(41-28)23-10-13-30(32(16-23)46-2)52-14-8-9-15-53-38-35(49-5)19-25(20-36(38)50-6)31-22-29(43-54-31)24-17-33(47-3)37(51-7)34(18-24)48-4/h10-13,16-22,39,41H,8-9,14-15H2,1-7H3,(H,42,44). The van der Waals surface area contributed by atoms with Crippen molar-refractivity contribution in [3.8, 4) is 74.3 Å². The summed E-state index contributed by atoms with van der Waals surface area (Å²) >= 11 is 0. The van der Waals surface area contributed by atoms with Gasteiger partial charge in [0.2, 0.25) is 11.5 Å². The van der Waals surface area contributed by atoms with Gasteiger partial charge in [0.25, 0.3) is 5.91 Å². The maximum absolute atomic E-state index is 12.8. The van der Waals surface area contributed by atoms with Gasteiger partial charge in [-0.05, 0) is 73.0 Å². The van der Waals surface area contributed by atoms with Crippen LogP contribution in [0.4, 0.5) is 5.69 Å². The molecule has 1 amide bonds. The average molecular weight is 742 g/mol. The summed E-state index contributed by atoms with van der Waals surface area (Å²) in [5, 5.41) is 10.6. The molecule has 0 radical (unpaired) electrons. The molecule has 1 aliphatic rings. The van der Waals surface area contributed by atoms with Crippen LogP contribution in [-0.2, 0) is 0 Å². The molecule has 1 aromatic heterocycles. The highest BCUT2D eigenvalue weighted by molar-refractivity contribution is 6.02. The van der Waals surface area contributed by atoms with Crippen LogP contribution in [-0.4, -0.2) is 74.0 Å². The van der Waals surface area contributed by atoms with Crippen LogP contribution >= 0.6 is 0 Å². The number of carbonyl (C=O) groups excluding carboxylic acids is 1. The van der Waals surface area contributed by atoms with E-state index in [-0.39, 0.29) is 5.91 Å². The quantitative estimate of drug-likeness (QED) is 0.0929. The van der Waals surface area contributed by atoms with E-state index >= 15 is 0 Å². The lowest BCUT2D eigenvalue weighted by Crippen LogP contribution is -2.38. The maximum Gasteiger partial charge on any atom is 0.255 e. The summed E-state index contributed by atoms with van der Waals surface area (Å²) in [6.45, 7) is 0.819. The summed E-state index contributed by atoms with van der Waals surface area (Å²) in [7, 11) is 10.9. The summed E-state index contributed by atoms with van der Waals surface area (Å²) in [5.41, 5.74) is 4.03. The van der Waals surface area contributed by atoms with Crippen molar-refractivity contribution >= 4 is 11.6 Å². The Labute approximate surface area is 313 Å². The molecule has 1 aliphatic heterocycles. The number of nitrogens with zero attached hydrogens (tertiary/aromatic N) is 1. The highest BCUT2D eigenvalue weighted by atomic mass is 16.5. The number of rotatable bonds is 17. The number of amides is 1. The number of methoxy groups -OCH3 is 7. The van der Waals surface area contributed by atoms with Crippen LogP contribution < -0.4 is 53.3 Å². The zero-order valence-corrected chi connectivity index (χ0v) is 31.2. The SMILES string of the molecule is COc1ccc2c(c1)C(=O)NC(c1ccc(OCCCCOc3c(OC)cc(-c4cc(-c5cc(OC)c(OC)c(OC)c5)no4)cc3OC)c(OC)c1)N2. The fraction of sp³-hybridized carbons (Fsp3) is 0.300. The predicted molar refractivity (Wildman–Crippen MR) is 200 cm³/mol. The van der Waals surface area contributed by atoms with Crippen molar-refractivity contribution < 1.29 is 51.9 Å². The molecule has 0 fully saturated rings. The Morgan fingerprint density at radius 1 is 0.593 bits per heavy atom. The minimum atomic E-state index is -0.441. The van der Waals surface area contributed by atoms with Crippen molar-refractivity contribution in [2.75, 3.05) is 68.3 Å². The first-order valence-electron chi connectivity index (χ1n) is 17.1. The Hall–Kier alpha value is -6.44. The van der Waals surface area contributed by atoms with Crippen molar-refractivity contribution in [2.45, 2.75) is 19.0 Å². The van der Waals surface area contributed by atoms with E-state index < -0.39 is 6.17 Å². The van der Waals surface area contributed by atoms with Crippen LogP contribution in [0.15, 0.2) is 71.3 Å². The van der Waals surface area contributed by atoms with Gasteiger partial charge in [-0.25, -0.2) is 0 Å². The number of fused-ring (bicyclic) bond motifs is 1. The fourth-order valence-corrected chi connectivity index (χ4v) is 6.02. The van der Waals surface area contributed by atoms with Gasteiger partial charge in [0, 0.05) is 22.9 Å². The molecule has 1 atom stereocenters. The smallest absolute Gasteiger partial charge is 0.255 e. The molecule has 0 saturated heterocycles. The number of carbonyl (C=O) groups is 1. The molecule has 1 unspecified atom stereocenters. The van der Waals surface area contributed by atoms with E-state index in [0.717, 1.165) is 16.8 Å². The van der Waals surface area contributed by atoms with Gasteiger partial charge in [-0.1, -0.05) is 11.2 Å². The number of hydrogen-bond donors (Lipinski definition) is 2. The minimum absolute atomic E-state index is 0.196. The molecule has 0 saturated carbocycles. The molecule has 5 aromatic rings. The van der Waals surface area contributed by atoms with Crippen molar-refractivity contribution in [3.05, 3.63) is 77.9 Å². The van der Waals surface area contributed by atoms with Crippen LogP contribution in [0.1, 0.15) is 34.9 Å². The van der Waals surface area contributed by atoms with E-state index in [0.29, 0.717) is 100 Å². The first-order valence-corrected chi connectivity index (χ1v) is 17.1. The largest absolute Gasteiger partial charge is 0.497 e. The lowest BCUT2D eigenvalue weighted by Gasteiger charge is -2.28. The number of unbranched alkanes of at least 4 members (excludes halogenated alkanes) is 1. The molecule has 2 N–H and O–H groups in total. The van der Waals surface area contributed by atoms with Crippen LogP contribution in [0.5, 0.6) is 51.7 Å². The maximum atomic E-state index is 12.8. The van der Waals surface area contributed by atoms with Gasteiger partial charge < -0.3 is 57.8 Å². The van der Waals surface area contributed by atoms with Crippen molar-refractivity contribution in [1.82, 2.24) is 10.5 Å². The van der Waals surface area contributed by atoms with E-state index in [9.17, 15) is 4.79 Å². The van der Waals surface area contributed by atoms with Gasteiger partial charge in [0.15, 0.2) is 40.3 Å². The summed E-state index contributed by atoms with van der Waals surface area (Å²) in [5.74, 6) is 4.96. The van der Waals surface area contributed by atoms with E-state index in [1.54, 1.807) is 86.2 Å². The average Bonchev–Trinajstić information content (AvgIpc) is 3.71. The molecular weight excluding hydrogens is 698 g/mol. The zero-order chi connectivity index (χ0) is 38.2. The molecule has 0 spiro atoms. The topological polar surface area (TPSA) is 150 Å². The number of benzene rings is 4. The molecule has 0 aliphatic carbocycles. The molecule has 0 bridgehead atoms. The molecule has 284 valence electrons. The third kappa shape index (κ3) is 7.82. The third-order valence-electron chi connectivity index (χ3n) is 8.83. The van der Waals surface area contributed by atoms with Crippen LogP contribution in [0.3, 0.4) is 0 Å². The van der Waals surface area contributed by atoms with Crippen LogP contribution in [0.2, 0.25) is 0 Å². The lowest BCUT2D eigenvalue weighted by atomic mass is 10.0. The van der Waals surface area contributed by atoms with Gasteiger partial charge >= 0.3 is 0 Å². The normalized spacial score (nSPS) is 13.2. The van der Waals surface area contributed by atoms with Gasteiger partial charge in [-0.15, -0.1) is 0 Å². The molecule has 6 rings (SSSR count). The number of aromatic nitrogens is 1. The number of anilines is 1. The van der Waals surface area contributed by atoms with Gasteiger partial charge in [0.1, 0.15) is 17.6 Å². The van der Waals surface area contributed by atoms with Gasteiger partial charge in [0.05, 0.1) is 68.5 Å². The molecule has 14 heteroatoms. The van der Waals surface area contributed by atoms with Crippen molar-refractivity contribution in [1.29, 1.82) is 0 Å². The first-order chi connectivity index (χ1) is 26.3. The van der Waals surface area contributed by atoms with E-state index in [2.05, 4.69) is 15.8 Å². The van der Waals surface area contributed by atoms with Crippen molar-refractivity contribution in [2.24, 2.45) is 0 Å². The highest BCUT2D eigenvalue weighted by Crippen LogP contribution is 2.44. The third-order valence-corrected chi connectivity index (χ3v) is 8.83. The Morgan fingerprint density at radius 3 is 1.85 bits per heavy atom. The van der Waals surface area contributed by atoms with Gasteiger partial charge in [-0.2, -0.15) is 0 Å². The van der Waals surface area contributed by atoms with Gasteiger partial charge in [-0.3, -0.25) is 4.79 Å². The molecule has 4 aromatic carbocycles. The number of ether oxygens (including phenoxy) is 9. The minimum Gasteiger partial charge on any atom is -0.497 e.